The lowest BCUT2D eigenvalue weighted by molar-refractivity contribution is -0.137. The summed E-state index contributed by atoms with van der Waals surface area (Å²) in [5.74, 6) is 0.932. The van der Waals surface area contributed by atoms with Gasteiger partial charge in [-0.05, 0) is 58.4 Å². The fourth-order valence-electron chi connectivity index (χ4n) is 2.90. The molecule has 4 rings (SSSR count). The minimum atomic E-state index is -4.46. The minimum absolute atomic E-state index is 0.230. The highest BCUT2D eigenvalue weighted by atomic mass is 79.9. The third kappa shape index (κ3) is 4.67. The van der Waals surface area contributed by atoms with Crippen molar-refractivity contribution >= 4 is 44.5 Å². The van der Waals surface area contributed by atoms with Crippen molar-refractivity contribution in [1.82, 2.24) is 20.3 Å². The molecule has 1 amide bonds. The van der Waals surface area contributed by atoms with Crippen LogP contribution in [0.25, 0.3) is 11.0 Å². The molecule has 0 saturated heterocycles. The first-order valence-corrected chi connectivity index (χ1v) is 10.0. The number of carbonyl (C=O) groups excluding carboxylic acids is 1. The van der Waals surface area contributed by atoms with E-state index < -0.39 is 11.7 Å². The van der Waals surface area contributed by atoms with Gasteiger partial charge in [-0.1, -0.05) is 0 Å². The molecule has 0 radical (unpaired) electrons. The molecule has 32 heavy (non-hydrogen) atoms. The molecule has 0 atom stereocenters. The standard InChI is InChI=1S/C21H15BrF3N5O2/c1-26-19(31)17-10-14(6-7-27-17)32-13-4-2-12(3-5-13)28-20-29-16-9-11(21(23,24)25)8-15(22)18(16)30-20/h2-10H,1H3,(H,26,31)(H2,28,29,30). The Morgan fingerprint density at radius 1 is 1.09 bits per heavy atom. The van der Waals surface area contributed by atoms with Gasteiger partial charge in [0.2, 0.25) is 5.95 Å². The molecule has 0 bridgehead atoms. The fourth-order valence-corrected chi connectivity index (χ4v) is 3.45. The number of aromatic nitrogens is 3. The summed E-state index contributed by atoms with van der Waals surface area (Å²) in [7, 11) is 1.51. The Morgan fingerprint density at radius 3 is 2.53 bits per heavy atom. The summed E-state index contributed by atoms with van der Waals surface area (Å²) in [5.41, 5.74) is 0.727. The number of benzene rings is 2. The van der Waals surface area contributed by atoms with E-state index in [1.54, 1.807) is 30.3 Å². The summed E-state index contributed by atoms with van der Waals surface area (Å²) in [4.78, 5) is 22.8. The summed E-state index contributed by atoms with van der Waals surface area (Å²) in [6.07, 6.45) is -2.99. The van der Waals surface area contributed by atoms with Crippen molar-refractivity contribution in [3.63, 3.8) is 0 Å². The van der Waals surface area contributed by atoms with E-state index in [0.29, 0.717) is 22.7 Å². The zero-order valence-electron chi connectivity index (χ0n) is 16.4. The summed E-state index contributed by atoms with van der Waals surface area (Å²) in [6.45, 7) is 0. The number of amides is 1. The molecule has 2 heterocycles. The quantitative estimate of drug-likeness (QED) is 0.326. The van der Waals surface area contributed by atoms with Crippen LogP contribution in [0, 0.1) is 0 Å². The van der Waals surface area contributed by atoms with Gasteiger partial charge in [-0.2, -0.15) is 13.2 Å². The molecule has 2 aromatic heterocycles. The largest absolute Gasteiger partial charge is 0.457 e. The van der Waals surface area contributed by atoms with Crippen LogP contribution in [0.2, 0.25) is 0 Å². The molecule has 2 aromatic carbocycles. The molecule has 0 aliphatic heterocycles. The maximum atomic E-state index is 13.0. The number of alkyl halides is 3. The van der Waals surface area contributed by atoms with Gasteiger partial charge in [0.15, 0.2) is 0 Å². The lowest BCUT2D eigenvalue weighted by Gasteiger charge is -2.08. The number of aromatic amines is 1. The number of nitrogens with zero attached hydrogens (tertiary/aromatic N) is 2. The first-order valence-electron chi connectivity index (χ1n) is 9.22. The Morgan fingerprint density at radius 2 is 1.84 bits per heavy atom. The summed E-state index contributed by atoms with van der Waals surface area (Å²) >= 11 is 3.14. The Labute approximate surface area is 188 Å². The third-order valence-electron chi connectivity index (χ3n) is 4.41. The maximum absolute atomic E-state index is 13.0. The number of hydrogen-bond donors (Lipinski definition) is 3. The van der Waals surface area contributed by atoms with Gasteiger partial charge in [0.1, 0.15) is 22.7 Å². The number of rotatable bonds is 5. The lowest BCUT2D eigenvalue weighted by atomic mass is 10.2. The van der Waals surface area contributed by atoms with Crippen molar-refractivity contribution in [1.29, 1.82) is 0 Å². The summed E-state index contributed by atoms with van der Waals surface area (Å²) in [6, 6.07) is 12.0. The predicted molar refractivity (Wildman–Crippen MR) is 116 cm³/mol. The van der Waals surface area contributed by atoms with Crippen LogP contribution < -0.4 is 15.4 Å². The third-order valence-corrected chi connectivity index (χ3v) is 5.02. The van der Waals surface area contributed by atoms with Gasteiger partial charge >= 0.3 is 6.18 Å². The van der Waals surface area contributed by atoms with E-state index in [4.69, 9.17) is 4.74 Å². The molecule has 0 fully saturated rings. The van der Waals surface area contributed by atoms with Gasteiger partial charge in [-0.3, -0.25) is 9.78 Å². The van der Waals surface area contributed by atoms with Crippen LogP contribution in [-0.2, 0) is 6.18 Å². The van der Waals surface area contributed by atoms with Crippen LogP contribution in [0.4, 0.5) is 24.8 Å². The molecule has 3 N–H and O–H groups in total. The van der Waals surface area contributed by atoms with Gasteiger partial charge in [0.05, 0.1) is 11.1 Å². The van der Waals surface area contributed by atoms with Crippen molar-refractivity contribution in [2.24, 2.45) is 0 Å². The van der Waals surface area contributed by atoms with Crippen molar-refractivity contribution in [3.05, 3.63) is 70.5 Å². The van der Waals surface area contributed by atoms with Crippen LogP contribution in [-0.4, -0.2) is 27.9 Å². The number of halogens is 4. The highest BCUT2D eigenvalue weighted by Crippen LogP contribution is 2.35. The van der Waals surface area contributed by atoms with Gasteiger partial charge in [0, 0.05) is 29.5 Å². The van der Waals surface area contributed by atoms with Crippen LogP contribution in [0.15, 0.2) is 59.2 Å². The molecule has 0 spiro atoms. The second-order valence-electron chi connectivity index (χ2n) is 6.64. The number of ether oxygens (including phenoxy) is 1. The number of H-pyrrole nitrogens is 1. The molecule has 0 unspecified atom stereocenters. The van der Waals surface area contributed by atoms with Crippen molar-refractivity contribution in [2.75, 3.05) is 12.4 Å². The van der Waals surface area contributed by atoms with Crippen LogP contribution in [0.3, 0.4) is 0 Å². The van der Waals surface area contributed by atoms with E-state index in [1.165, 1.54) is 19.3 Å². The van der Waals surface area contributed by atoms with E-state index in [9.17, 15) is 18.0 Å². The average Bonchev–Trinajstić information content (AvgIpc) is 3.17. The van der Waals surface area contributed by atoms with Crippen molar-refractivity contribution in [2.45, 2.75) is 6.18 Å². The first kappa shape index (κ1) is 21.6. The van der Waals surface area contributed by atoms with E-state index in [1.807, 2.05) is 0 Å². The topological polar surface area (TPSA) is 91.9 Å². The molecule has 0 saturated carbocycles. The number of hydrogen-bond acceptors (Lipinski definition) is 5. The maximum Gasteiger partial charge on any atom is 0.416 e. The fraction of sp³-hybridized carbons (Fsp3) is 0.0952. The molecule has 0 aliphatic carbocycles. The highest BCUT2D eigenvalue weighted by molar-refractivity contribution is 9.10. The lowest BCUT2D eigenvalue weighted by Crippen LogP contribution is -2.18. The smallest absolute Gasteiger partial charge is 0.416 e. The van der Waals surface area contributed by atoms with Crippen LogP contribution >= 0.6 is 15.9 Å². The number of fused-ring (bicyclic) bond motifs is 1. The zero-order chi connectivity index (χ0) is 22.9. The monoisotopic (exact) mass is 505 g/mol. The number of imidazole rings is 1. The molecular weight excluding hydrogens is 491 g/mol. The SMILES string of the molecule is CNC(=O)c1cc(Oc2ccc(Nc3nc4c(Br)cc(C(F)(F)F)cc4[nH]3)cc2)ccn1. The Hall–Kier alpha value is -3.60. The number of nitrogens with one attached hydrogen (secondary N) is 3. The number of pyridine rings is 1. The van der Waals surface area contributed by atoms with Gasteiger partial charge in [-0.25, -0.2) is 4.98 Å². The average molecular weight is 506 g/mol. The van der Waals surface area contributed by atoms with Crippen molar-refractivity contribution < 1.29 is 22.7 Å². The van der Waals surface area contributed by atoms with Crippen LogP contribution in [0.5, 0.6) is 11.5 Å². The van der Waals surface area contributed by atoms with Gasteiger partial charge in [0.25, 0.3) is 5.91 Å². The molecule has 164 valence electrons. The highest BCUT2D eigenvalue weighted by Gasteiger charge is 2.31. The van der Waals surface area contributed by atoms with Crippen molar-refractivity contribution in [3.8, 4) is 11.5 Å². The Balaban J connectivity index is 1.50. The number of anilines is 2. The minimum Gasteiger partial charge on any atom is -0.457 e. The van der Waals surface area contributed by atoms with E-state index in [2.05, 4.69) is 41.5 Å². The molecule has 7 nitrogen and oxygen atoms in total. The van der Waals surface area contributed by atoms with Gasteiger partial charge in [-0.15, -0.1) is 0 Å². The van der Waals surface area contributed by atoms with Crippen LogP contribution in [0.1, 0.15) is 16.1 Å². The van der Waals surface area contributed by atoms with E-state index in [0.717, 1.165) is 12.1 Å². The second-order valence-corrected chi connectivity index (χ2v) is 7.50. The molecule has 4 aromatic rings. The second kappa shape index (κ2) is 8.50. The molecular formula is C21H15BrF3N5O2. The van der Waals surface area contributed by atoms with Gasteiger partial charge < -0.3 is 20.4 Å². The molecule has 0 aliphatic rings. The Bertz CT molecular complexity index is 1290. The molecule has 11 heteroatoms. The summed E-state index contributed by atoms with van der Waals surface area (Å²) in [5, 5.41) is 5.51. The normalized spacial score (nSPS) is 11.4. The van der Waals surface area contributed by atoms with E-state index >= 15 is 0 Å². The Kier molecular flexibility index (Phi) is 5.74. The zero-order valence-corrected chi connectivity index (χ0v) is 18.0. The van der Waals surface area contributed by atoms with E-state index in [-0.39, 0.29) is 27.5 Å². The number of carbonyl (C=O) groups is 1. The summed E-state index contributed by atoms with van der Waals surface area (Å²) < 4.78 is 45.0. The first-order chi connectivity index (χ1) is 15.2. The predicted octanol–water partition coefficient (Wildman–Crippen LogP) is 5.63.